The number of rotatable bonds is 4. The maximum atomic E-state index is 12.8. The molecule has 2 fully saturated rings. The van der Waals surface area contributed by atoms with Crippen molar-refractivity contribution in [1.82, 2.24) is 14.7 Å². The zero-order valence-electron chi connectivity index (χ0n) is 16.8. The summed E-state index contributed by atoms with van der Waals surface area (Å²) in [5, 5.41) is 0. The van der Waals surface area contributed by atoms with Crippen LogP contribution in [0.2, 0.25) is 0 Å². The standard InChI is InChI=1S/C22H33N3O2/c1-17-5-8-25(9-6-17)22(26)18(2)24-12-10-23(11-13-24)16-19-3-4-21-20(15-19)7-14-27-21/h3-4,15,17-18H,5-14,16H2,1-2H3. The van der Waals surface area contributed by atoms with Crippen LogP contribution in [-0.2, 0) is 17.8 Å². The van der Waals surface area contributed by atoms with Gasteiger partial charge in [0.15, 0.2) is 0 Å². The molecule has 5 nitrogen and oxygen atoms in total. The number of benzene rings is 1. The third-order valence-corrected chi connectivity index (χ3v) is 6.57. The van der Waals surface area contributed by atoms with Gasteiger partial charge in [0.25, 0.3) is 0 Å². The van der Waals surface area contributed by atoms with Crippen LogP contribution in [0.5, 0.6) is 5.75 Å². The Balaban J connectivity index is 1.26. The summed E-state index contributed by atoms with van der Waals surface area (Å²) in [5.41, 5.74) is 2.72. The molecule has 1 unspecified atom stereocenters. The van der Waals surface area contributed by atoms with Gasteiger partial charge in [-0.05, 0) is 42.9 Å². The quantitative estimate of drug-likeness (QED) is 0.814. The maximum Gasteiger partial charge on any atom is 0.239 e. The highest BCUT2D eigenvalue weighted by Crippen LogP contribution is 2.26. The van der Waals surface area contributed by atoms with Crippen molar-refractivity contribution in [3.63, 3.8) is 0 Å². The minimum absolute atomic E-state index is 0.0118. The zero-order valence-corrected chi connectivity index (χ0v) is 16.8. The molecule has 0 spiro atoms. The number of piperidine rings is 1. The molecule has 0 aromatic heterocycles. The Morgan fingerprint density at radius 2 is 1.89 bits per heavy atom. The smallest absolute Gasteiger partial charge is 0.239 e. The number of fused-ring (bicyclic) bond motifs is 1. The predicted octanol–water partition coefficient (Wildman–Crippen LogP) is 2.39. The summed E-state index contributed by atoms with van der Waals surface area (Å²) < 4.78 is 5.61. The lowest BCUT2D eigenvalue weighted by Crippen LogP contribution is -2.55. The van der Waals surface area contributed by atoms with Crippen LogP contribution in [-0.4, -0.2) is 72.5 Å². The van der Waals surface area contributed by atoms with E-state index in [4.69, 9.17) is 4.74 Å². The first-order chi connectivity index (χ1) is 13.1. The fourth-order valence-corrected chi connectivity index (χ4v) is 4.55. The average Bonchev–Trinajstić information content (AvgIpc) is 3.16. The summed E-state index contributed by atoms with van der Waals surface area (Å²) in [6.45, 7) is 12.1. The SMILES string of the molecule is CC1CCN(C(=O)C(C)N2CCN(Cc3ccc4c(c3)CCO4)CC2)CC1. The summed E-state index contributed by atoms with van der Waals surface area (Å²) in [4.78, 5) is 19.8. The summed E-state index contributed by atoms with van der Waals surface area (Å²) in [7, 11) is 0. The second-order valence-electron chi connectivity index (χ2n) is 8.54. The van der Waals surface area contributed by atoms with Crippen molar-refractivity contribution in [1.29, 1.82) is 0 Å². The van der Waals surface area contributed by atoms with Gasteiger partial charge in [0.05, 0.1) is 12.6 Å². The van der Waals surface area contributed by atoms with Crippen molar-refractivity contribution < 1.29 is 9.53 Å². The van der Waals surface area contributed by atoms with E-state index < -0.39 is 0 Å². The number of hydrogen-bond acceptors (Lipinski definition) is 4. The fraction of sp³-hybridized carbons (Fsp3) is 0.682. The lowest BCUT2D eigenvalue weighted by molar-refractivity contribution is -0.138. The van der Waals surface area contributed by atoms with Gasteiger partial charge in [0, 0.05) is 52.2 Å². The topological polar surface area (TPSA) is 36.0 Å². The third-order valence-electron chi connectivity index (χ3n) is 6.57. The number of ether oxygens (including phenoxy) is 1. The minimum atomic E-state index is 0.0118. The van der Waals surface area contributed by atoms with Crippen LogP contribution in [0.4, 0.5) is 0 Å². The highest BCUT2D eigenvalue weighted by Gasteiger charge is 2.30. The van der Waals surface area contributed by atoms with Crippen molar-refractivity contribution in [2.45, 2.75) is 45.7 Å². The van der Waals surface area contributed by atoms with Gasteiger partial charge < -0.3 is 9.64 Å². The molecule has 1 atom stereocenters. The Morgan fingerprint density at radius 3 is 2.63 bits per heavy atom. The monoisotopic (exact) mass is 371 g/mol. The maximum absolute atomic E-state index is 12.8. The fourth-order valence-electron chi connectivity index (χ4n) is 4.55. The molecule has 0 aliphatic carbocycles. The van der Waals surface area contributed by atoms with E-state index in [1.165, 1.54) is 11.1 Å². The minimum Gasteiger partial charge on any atom is -0.493 e. The molecule has 148 valence electrons. The van der Waals surface area contributed by atoms with E-state index in [1.54, 1.807) is 0 Å². The van der Waals surface area contributed by atoms with Gasteiger partial charge >= 0.3 is 0 Å². The van der Waals surface area contributed by atoms with Crippen molar-refractivity contribution >= 4 is 5.91 Å². The first-order valence-electron chi connectivity index (χ1n) is 10.6. The number of nitrogens with zero attached hydrogens (tertiary/aromatic N) is 3. The molecule has 5 heteroatoms. The number of likely N-dealkylation sites (tertiary alicyclic amines) is 1. The van der Waals surface area contributed by atoms with Crippen molar-refractivity contribution in [2.24, 2.45) is 5.92 Å². The van der Waals surface area contributed by atoms with Gasteiger partial charge in [0.2, 0.25) is 5.91 Å². The van der Waals surface area contributed by atoms with Gasteiger partial charge in [-0.2, -0.15) is 0 Å². The van der Waals surface area contributed by atoms with Crippen LogP contribution >= 0.6 is 0 Å². The van der Waals surface area contributed by atoms with Crippen molar-refractivity contribution in [3.05, 3.63) is 29.3 Å². The number of carbonyl (C=O) groups is 1. The Bertz CT molecular complexity index is 662. The van der Waals surface area contributed by atoms with Crippen molar-refractivity contribution in [2.75, 3.05) is 45.9 Å². The molecular formula is C22H33N3O2. The molecule has 1 aromatic carbocycles. The van der Waals surface area contributed by atoms with E-state index in [0.29, 0.717) is 5.91 Å². The van der Waals surface area contributed by atoms with E-state index in [9.17, 15) is 4.79 Å². The third kappa shape index (κ3) is 4.30. The Kier molecular flexibility index (Phi) is 5.69. The molecular weight excluding hydrogens is 338 g/mol. The molecule has 1 amide bonds. The summed E-state index contributed by atoms with van der Waals surface area (Å²) in [5.74, 6) is 2.15. The van der Waals surface area contributed by atoms with Crippen LogP contribution in [0.3, 0.4) is 0 Å². The first kappa shape index (κ1) is 18.8. The Labute approximate surface area is 163 Å². The van der Waals surface area contributed by atoms with E-state index in [0.717, 1.165) is 83.4 Å². The van der Waals surface area contributed by atoms with Gasteiger partial charge in [-0.15, -0.1) is 0 Å². The van der Waals surface area contributed by atoms with Gasteiger partial charge in [-0.1, -0.05) is 19.1 Å². The van der Waals surface area contributed by atoms with E-state index in [2.05, 4.69) is 46.7 Å². The number of piperazine rings is 1. The Morgan fingerprint density at radius 1 is 1.15 bits per heavy atom. The molecule has 0 saturated carbocycles. The first-order valence-corrected chi connectivity index (χ1v) is 10.6. The molecule has 0 bridgehead atoms. The molecule has 3 heterocycles. The predicted molar refractivity (Wildman–Crippen MR) is 107 cm³/mol. The van der Waals surface area contributed by atoms with E-state index in [-0.39, 0.29) is 6.04 Å². The van der Waals surface area contributed by atoms with Crippen LogP contribution < -0.4 is 4.74 Å². The van der Waals surface area contributed by atoms with E-state index in [1.807, 2.05) is 0 Å². The Hall–Kier alpha value is -1.59. The molecule has 2 saturated heterocycles. The van der Waals surface area contributed by atoms with Gasteiger partial charge in [0.1, 0.15) is 5.75 Å². The van der Waals surface area contributed by atoms with Crippen LogP contribution in [0.1, 0.15) is 37.8 Å². The van der Waals surface area contributed by atoms with Crippen LogP contribution in [0.15, 0.2) is 18.2 Å². The molecule has 27 heavy (non-hydrogen) atoms. The molecule has 0 N–H and O–H groups in total. The molecule has 0 radical (unpaired) electrons. The lowest BCUT2D eigenvalue weighted by atomic mass is 9.98. The number of carbonyl (C=O) groups excluding carboxylic acids is 1. The largest absolute Gasteiger partial charge is 0.493 e. The van der Waals surface area contributed by atoms with Crippen LogP contribution in [0, 0.1) is 5.92 Å². The number of amides is 1. The summed E-state index contributed by atoms with van der Waals surface area (Å²) in [6.07, 6.45) is 3.34. The van der Waals surface area contributed by atoms with Crippen molar-refractivity contribution in [3.8, 4) is 5.75 Å². The normalized spacial score (nSPS) is 23.1. The van der Waals surface area contributed by atoms with E-state index >= 15 is 0 Å². The zero-order chi connectivity index (χ0) is 18.8. The average molecular weight is 372 g/mol. The molecule has 4 rings (SSSR count). The molecule has 3 aliphatic rings. The van der Waals surface area contributed by atoms with Crippen LogP contribution in [0.25, 0.3) is 0 Å². The lowest BCUT2D eigenvalue weighted by Gasteiger charge is -2.40. The van der Waals surface area contributed by atoms with Gasteiger partial charge in [-0.3, -0.25) is 14.6 Å². The second-order valence-corrected chi connectivity index (χ2v) is 8.54. The second kappa shape index (κ2) is 8.19. The summed E-state index contributed by atoms with van der Waals surface area (Å²) in [6, 6.07) is 6.63. The highest BCUT2D eigenvalue weighted by atomic mass is 16.5. The van der Waals surface area contributed by atoms with Gasteiger partial charge in [-0.25, -0.2) is 0 Å². The molecule has 3 aliphatic heterocycles. The highest BCUT2D eigenvalue weighted by molar-refractivity contribution is 5.81. The summed E-state index contributed by atoms with van der Waals surface area (Å²) >= 11 is 0. The number of hydrogen-bond donors (Lipinski definition) is 0. The molecule has 1 aromatic rings.